The first-order valence-corrected chi connectivity index (χ1v) is 4.87. The molecular weight excluding hydrogens is 276 g/mol. The van der Waals surface area contributed by atoms with E-state index in [4.69, 9.17) is 5.26 Å². The van der Waals surface area contributed by atoms with Crippen molar-refractivity contribution in [3.63, 3.8) is 0 Å². The summed E-state index contributed by atoms with van der Waals surface area (Å²) >= 11 is 0. The molecule has 0 atom stereocenters. The van der Waals surface area contributed by atoms with E-state index >= 15 is 0 Å². The van der Waals surface area contributed by atoms with Gasteiger partial charge in [0.05, 0.1) is 5.56 Å². The second kappa shape index (κ2) is 4.99. The van der Waals surface area contributed by atoms with Crippen LogP contribution in [-0.2, 0) is 0 Å². The maximum Gasteiger partial charge on any atom is 0.434 e. The number of rotatable bonds is 2. The standard InChI is InChI=1S/C11H7F6NO/c1-6-3-2-4-7(5-18)8(6)19-9(10(12,13)14)11(15,16)17/h2-4,9H,1H3. The topological polar surface area (TPSA) is 33.0 Å². The number of hydrogen-bond donors (Lipinski definition) is 0. The van der Waals surface area contributed by atoms with Gasteiger partial charge in [-0.25, -0.2) is 0 Å². The average Bonchev–Trinajstić information content (AvgIpc) is 2.23. The first kappa shape index (κ1) is 15.1. The van der Waals surface area contributed by atoms with E-state index < -0.39 is 29.8 Å². The minimum absolute atomic E-state index is 0.0116. The summed E-state index contributed by atoms with van der Waals surface area (Å²) in [7, 11) is 0. The highest BCUT2D eigenvalue weighted by Crippen LogP contribution is 2.38. The molecule has 0 aromatic heterocycles. The summed E-state index contributed by atoms with van der Waals surface area (Å²) in [5.74, 6) is -0.718. The molecular formula is C11H7F6NO. The van der Waals surface area contributed by atoms with Gasteiger partial charge in [0.2, 0.25) is 0 Å². The predicted octanol–water partition coefficient (Wildman–Crippen LogP) is 3.74. The maximum absolute atomic E-state index is 12.3. The monoisotopic (exact) mass is 283 g/mol. The summed E-state index contributed by atoms with van der Waals surface area (Å²) in [6.45, 7) is 1.25. The zero-order valence-electron chi connectivity index (χ0n) is 9.43. The number of nitrogens with zero attached hydrogens (tertiary/aromatic N) is 1. The number of ether oxygens (including phenoxy) is 1. The molecule has 1 aromatic carbocycles. The summed E-state index contributed by atoms with van der Waals surface area (Å²) in [6, 6.07) is 5.14. The molecule has 0 fully saturated rings. The molecule has 0 saturated heterocycles. The molecule has 0 N–H and O–H groups in total. The predicted molar refractivity (Wildman–Crippen MR) is 52.4 cm³/mol. The minimum atomic E-state index is -5.62. The molecule has 0 bridgehead atoms. The van der Waals surface area contributed by atoms with Gasteiger partial charge in [0.15, 0.2) is 0 Å². The SMILES string of the molecule is Cc1cccc(C#N)c1OC(C(F)(F)F)C(F)(F)F. The molecule has 0 radical (unpaired) electrons. The van der Waals surface area contributed by atoms with E-state index in [2.05, 4.69) is 4.74 Å². The van der Waals surface area contributed by atoms with E-state index in [-0.39, 0.29) is 5.56 Å². The molecule has 2 nitrogen and oxygen atoms in total. The molecule has 0 unspecified atom stereocenters. The van der Waals surface area contributed by atoms with Crippen LogP contribution in [0.5, 0.6) is 5.75 Å². The quantitative estimate of drug-likeness (QED) is 0.775. The normalized spacial score (nSPS) is 12.4. The highest BCUT2D eigenvalue weighted by molar-refractivity contribution is 5.48. The Morgan fingerprint density at radius 3 is 2.05 bits per heavy atom. The van der Waals surface area contributed by atoms with Gasteiger partial charge in [-0.05, 0) is 18.6 Å². The third-order valence-corrected chi connectivity index (χ3v) is 2.16. The van der Waals surface area contributed by atoms with Crippen LogP contribution in [0.3, 0.4) is 0 Å². The van der Waals surface area contributed by atoms with E-state index in [1.807, 2.05) is 0 Å². The molecule has 0 spiro atoms. The Bertz CT molecular complexity index is 485. The molecule has 0 aliphatic rings. The van der Waals surface area contributed by atoms with Gasteiger partial charge in [-0.15, -0.1) is 0 Å². The zero-order valence-corrected chi connectivity index (χ0v) is 9.43. The van der Waals surface area contributed by atoms with Crippen molar-refractivity contribution in [3.8, 4) is 11.8 Å². The Morgan fingerprint density at radius 1 is 1.11 bits per heavy atom. The van der Waals surface area contributed by atoms with Crippen LogP contribution in [0.1, 0.15) is 11.1 Å². The molecule has 8 heteroatoms. The summed E-state index contributed by atoms with van der Waals surface area (Å²) in [5.41, 5.74) is -0.379. The van der Waals surface area contributed by atoms with Crippen LogP contribution >= 0.6 is 0 Å². The van der Waals surface area contributed by atoms with Crippen molar-refractivity contribution < 1.29 is 31.1 Å². The van der Waals surface area contributed by atoms with E-state index in [1.54, 1.807) is 0 Å². The Morgan fingerprint density at radius 2 is 1.63 bits per heavy atom. The summed E-state index contributed by atoms with van der Waals surface area (Å²) in [5, 5.41) is 8.67. The number of alkyl halides is 6. The smallest absolute Gasteiger partial charge is 0.434 e. The van der Waals surface area contributed by atoms with E-state index in [9.17, 15) is 26.3 Å². The van der Waals surface area contributed by atoms with Crippen LogP contribution < -0.4 is 4.74 Å². The number of nitriles is 1. The van der Waals surface area contributed by atoms with Gasteiger partial charge in [0.25, 0.3) is 6.10 Å². The number of hydrogen-bond acceptors (Lipinski definition) is 2. The van der Waals surface area contributed by atoms with Crippen molar-refractivity contribution in [2.75, 3.05) is 0 Å². The highest BCUT2D eigenvalue weighted by Gasteiger charge is 2.59. The summed E-state index contributed by atoms with van der Waals surface area (Å²) in [6.07, 6.45) is -15.2. The van der Waals surface area contributed by atoms with Crippen molar-refractivity contribution in [2.24, 2.45) is 0 Å². The molecule has 0 aliphatic heterocycles. The largest absolute Gasteiger partial charge is 0.470 e. The number of para-hydroxylation sites is 1. The van der Waals surface area contributed by atoms with Gasteiger partial charge in [-0.2, -0.15) is 31.6 Å². The van der Waals surface area contributed by atoms with E-state index in [1.165, 1.54) is 25.1 Å². The lowest BCUT2D eigenvalue weighted by atomic mass is 10.1. The summed E-state index contributed by atoms with van der Waals surface area (Å²) < 4.78 is 78.1. The molecule has 19 heavy (non-hydrogen) atoms. The Hall–Kier alpha value is -1.91. The van der Waals surface area contributed by atoms with Gasteiger partial charge in [-0.3, -0.25) is 0 Å². The molecule has 0 heterocycles. The first-order chi connectivity index (χ1) is 8.57. The van der Waals surface area contributed by atoms with E-state index in [0.29, 0.717) is 0 Å². The van der Waals surface area contributed by atoms with Gasteiger partial charge in [0, 0.05) is 0 Å². The summed E-state index contributed by atoms with van der Waals surface area (Å²) in [4.78, 5) is 0. The van der Waals surface area contributed by atoms with Crippen molar-refractivity contribution in [3.05, 3.63) is 29.3 Å². The molecule has 0 amide bonds. The Labute approximate surface area is 104 Å². The lowest BCUT2D eigenvalue weighted by Crippen LogP contribution is -2.46. The van der Waals surface area contributed by atoms with Gasteiger partial charge in [0.1, 0.15) is 11.8 Å². The lowest BCUT2D eigenvalue weighted by Gasteiger charge is -2.25. The Balaban J connectivity index is 3.23. The molecule has 104 valence electrons. The van der Waals surface area contributed by atoms with Crippen molar-refractivity contribution in [2.45, 2.75) is 25.4 Å². The third kappa shape index (κ3) is 3.53. The number of benzene rings is 1. The minimum Gasteiger partial charge on any atom is -0.470 e. The second-order valence-corrected chi connectivity index (χ2v) is 3.64. The van der Waals surface area contributed by atoms with Crippen LogP contribution in [0.4, 0.5) is 26.3 Å². The van der Waals surface area contributed by atoms with Gasteiger partial charge in [-0.1, -0.05) is 12.1 Å². The van der Waals surface area contributed by atoms with Crippen LogP contribution in [-0.4, -0.2) is 18.5 Å². The molecule has 1 rings (SSSR count). The second-order valence-electron chi connectivity index (χ2n) is 3.64. The van der Waals surface area contributed by atoms with Crippen molar-refractivity contribution in [1.29, 1.82) is 5.26 Å². The van der Waals surface area contributed by atoms with Crippen LogP contribution in [0, 0.1) is 18.3 Å². The van der Waals surface area contributed by atoms with Crippen molar-refractivity contribution >= 4 is 0 Å². The van der Waals surface area contributed by atoms with Gasteiger partial charge >= 0.3 is 12.4 Å². The van der Waals surface area contributed by atoms with Crippen LogP contribution in [0.15, 0.2) is 18.2 Å². The Kier molecular flexibility index (Phi) is 3.98. The average molecular weight is 283 g/mol. The number of halogens is 6. The van der Waals surface area contributed by atoms with Crippen LogP contribution in [0.2, 0.25) is 0 Å². The molecule has 0 saturated carbocycles. The highest BCUT2D eigenvalue weighted by atomic mass is 19.4. The van der Waals surface area contributed by atoms with Crippen LogP contribution in [0.25, 0.3) is 0 Å². The third-order valence-electron chi connectivity index (χ3n) is 2.16. The maximum atomic E-state index is 12.3. The van der Waals surface area contributed by atoms with E-state index in [0.717, 1.165) is 6.07 Å². The number of aryl methyl sites for hydroxylation is 1. The zero-order chi connectivity index (χ0) is 14.8. The fourth-order valence-corrected chi connectivity index (χ4v) is 1.33. The molecule has 1 aromatic rings. The first-order valence-electron chi connectivity index (χ1n) is 4.87. The molecule has 0 aliphatic carbocycles. The van der Waals surface area contributed by atoms with Gasteiger partial charge < -0.3 is 4.74 Å². The lowest BCUT2D eigenvalue weighted by molar-refractivity contribution is -0.300. The van der Waals surface area contributed by atoms with Crippen molar-refractivity contribution in [1.82, 2.24) is 0 Å². The fraction of sp³-hybridized carbons (Fsp3) is 0.364. The fourth-order valence-electron chi connectivity index (χ4n) is 1.33.